The number of carbonyl (C=O) groups excluding carboxylic acids is 2. The van der Waals surface area contributed by atoms with Crippen molar-refractivity contribution in [2.75, 3.05) is 18.8 Å². The first-order chi connectivity index (χ1) is 9.08. The summed E-state index contributed by atoms with van der Waals surface area (Å²) in [4.78, 5) is 26.3. The fourth-order valence-electron chi connectivity index (χ4n) is 1.88. The van der Waals surface area contributed by atoms with Crippen molar-refractivity contribution in [3.63, 3.8) is 0 Å². The molecule has 1 heterocycles. The predicted octanol–water partition coefficient (Wildman–Crippen LogP) is 1.89. The van der Waals surface area contributed by atoms with Gasteiger partial charge in [0.2, 0.25) is 11.8 Å². The topological polar surface area (TPSA) is 49.4 Å². The number of amides is 2. The zero-order valence-electron chi connectivity index (χ0n) is 10.6. The van der Waals surface area contributed by atoms with Crippen molar-refractivity contribution in [1.82, 2.24) is 10.2 Å². The second-order valence-electron chi connectivity index (χ2n) is 4.30. The van der Waals surface area contributed by atoms with Crippen molar-refractivity contribution in [1.29, 1.82) is 0 Å². The van der Waals surface area contributed by atoms with Crippen LogP contribution in [0.15, 0.2) is 33.6 Å². The fourth-order valence-corrected chi connectivity index (χ4v) is 2.93. The van der Waals surface area contributed by atoms with Gasteiger partial charge in [0, 0.05) is 22.5 Å². The maximum atomic E-state index is 12.1. The molecule has 0 bridgehead atoms. The number of carbonyl (C=O) groups is 2. The first kappa shape index (κ1) is 14.4. The molecule has 0 radical (unpaired) electrons. The minimum atomic E-state index is -0.369. The second kappa shape index (κ2) is 6.43. The number of hydrogen-bond acceptors (Lipinski definition) is 3. The van der Waals surface area contributed by atoms with E-state index in [2.05, 4.69) is 21.2 Å². The van der Waals surface area contributed by atoms with E-state index in [1.54, 1.807) is 11.8 Å². The summed E-state index contributed by atoms with van der Waals surface area (Å²) in [6.07, 6.45) is 0. The third kappa shape index (κ3) is 3.73. The van der Waals surface area contributed by atoms with Crippen LogP contribution in [0, 0.1) is 0 Å². The molecule has 1 aliphatic heterocycles. The van der Waals surface area contributed by atoms with Crippen LogP contribution >= 0.6 is 27.7 Å². The lowest BCUT2D eigenvalue weighted by Crippen LogP contribution is -2.56. The zero-order valence-corrected chi connectivity index (χ0v) is 13.0. The molecule has 1 saturated heterocycles. The third-order valence-electron chi connectivity index (χ3n) is 3.00. The summed E-state index contributed by atoms with van der Waals surface area (Å²) in [5, 5.41) is 2.75. The molecule has 19 heavy (non-hydrogen) atoms. The standard InChI is InChI=1S/C13H15BrN2O2S/c1-9-13(18)15-6-7-16(9)12(17)8-19-11-4-2-10(14)3-5-11/h2-5,9H,6-8H2,1H3,(H,15,18). The van der Waals surface area contributed by atoms with E-state index in [0.717, 1.165) is 9.37 Å². The maximum absolute atomic E-state index is 12.1. The van der Waals surface area contributed by atoms with Crippen LogP contribution in [-0.4, -0.2) is 41.6 Å². The summed E-state index contributed by atoms with van der Waals surface area (Å²) in [6.45, 7) is 2.89. The van der Waals surface area contributed by atoms with E-state index in [0.29, 0.717) is 18.8 Å². The highest BCUT2D eigenvalue weighted by Crippen LogP contribution is 2.21. The van der Waals surface area contributed by atoms with Gasteiger partial charge in [-0.2, -0.15) is 0 Å². The van der Waals surface area contributed by atoms with Crippen LogP contribution in [0.4, 0.5) is 0 Å². The Kier molecular flexibility index (Phi) is 4.87. The van der Waals surface area contributed by atoms with Gasteiger partial charge in [-0.3, -0.25) is 9.59 Å². The molecule has 1 N–H and O–H groups in total. The number of benzene rings is 1. The SMILES string of the molecule is CC1C(=O)NCCN1C(=O)CSc1ccc(Br)cc1. The van der Waals surface area contributed by atoms with Crippen molar-refractivity contribution >= 4 is 39.5 Å². The summed E-state index contributed by atoms with van der Waals surface area (Å²) in [7, 11) is 0. The molecule has 6 heteroatoms. The van der Waals surface area contributed by atoms with Crippen LogP contribution in [0.1, 0.15) is 6.92 Å². The van der Waals surface area contributed by atoms with E-state index in [1.807, 2.05) is 24.3 Å². The Hall–Kier alpha value is -1.01. The van der Waals surface area contributed by atoms with Gasteiger partial charge in [-0.15, -0.1) is 11.8 Å². The van der Waals surface area contributed by atoms with Crippen LogP contribution < -0.4 is 5.32 Å². The molecule has 1 aromatic carbocycles. The van der Waals surface area contributed by atoms with E-state index in [1.165, 1.54) is 11.8 Å². The van der Waals surface area contributed by atoms with Gasteiger partial charge in [-0.25, -0.2) is 0 Å². The minimum absolute atomic E-state index is 0.00951. The highest BCUT2D eigenvalue weighted by Gasteiger charge is 2.28. The Morgan fingerprint density at radius 1 is 1.47 bits per heavy atom. The largest absolute Gasteiger partial charge is 0.353 e. The Labute approximate surface area is 125 Å². The average molecular weight is 343 g/mol. The van der Waals surface area contributed by atoms with Crippen molar-refractivity contribution in [2.45, 2.75) is 17.9 Å². The van der Waals surface area contributed by atoms with Gasteiger partial charge in [0.1, 0.15) is 6.04 Å². The number of piperazine rings is 1. The molecular weight excluding hydrogens is 328 g/mol. The number of hydrogen-bond donors (Lipinski definition) is 1. The highest BCUT2D eigenvalue weighted by atomic mass is 79.9. The first-order valence-electron chi connectivity index (χ1n) is 6.03. The van der Waals surface area contributed by atoms with E-state index in [-0.39, 0.29) is 17.9 Å². The van der Waals surface area contributed by atoms with Crippen molar-refractivity contribution < 1.29 is 9.59 Å². The molecule has 1 atom stereocenters. The summed E-state index contributed by atoms with van der Waals surface area (Å²) in [5.41, 5.74) is 0. The molecule has 0 aromatic heterocycles. The molecule has 102 valence electrons. The van der Waals surface area contributed by atoms with Crippen LogP contribution in [0.5, 0.6) is 0 Å². The number of nitrogens with one attached hydrogen (secondary N) is 1. The number of thioether (sulfide) groups is 1. The number of nitrogens with zero attached hydrogens (tertiary/aromatic N) is 1. The zero-order chi connectivity index (χ0) is 13.8. The summed E-state index contributed by atoms with van der Waals surface area (Å²) in [6, 6.07) is 7.46. The molecule has 1 aromatic rings. The molecule has 1 aliphatic rings. The lowest BCUT2D eigenvalue weighted by Gasteiger charge is -2.32. The molecule has 0 spiro atoms. The van der Waals surface area contributed by atoms with E-state index < -0.39 is 0 Å². The molecule has 0 saturated carbocycles. The monoisotopic (exact) mass is 342 g/mol. The van der Waals surface area contributed by atoms with Gasteiger partial charge < -0.3 is 10.2 Å². The highest BCUT2D eigenvalue weighted by molar-refractivity contribution is 9.10. The fraction of sp³-hybridized carbons (Fsp3) is 0.385. The minimum Gasteiger partial charge on any atom is -0.353 e. The molecule has 1 fully saturated rings. The maximum Gasteiger partial charge on any atom is 0.242 e. The molecule has 4 nitrogen and oxygen atoms in total. The Bertz CT molecular complexity index is 478. The van der Waals surface area contributed by atoms with Gasteiger partial charge in [0.25, 0.3) is 0 Å². The quantitative estimate of drug-likeness (QED) is 0.853. The normalized spacial score (nSPS) is 19.2. The molecular formula is C13H15BrN2O2S. The van der Waals surface area contributed by atoms with Gasteiger partial charge in [0.05, 0.1) is 5.75 Å². The summed E-state index contributed by atoms with van der Waals surface area (Å²) >= 11 is 4.86. The Morgan fingerprint density at radius 2 is 2.16 bits per heavy atom. The van der Waals surface area contributed by atoms with Gasteiger partial charge >= 0.3 is 0 Å². The lowest BCUT2D eigenvalue weighted by atomic mass is 10.2. The number of halogens is 1. The van der Waals surface area contributed by atoms with Crippen LogP contribution in [0.2, 0.25) is 0 Å². The average Bonchev–Trinajstić information content (AvgIpc) is 2.41. The predicted molar refractivity (Wildman–Crippen MR) is 79.1 cm³/mol. The van der Waals surface area contributed by atoms with Gasteiger partial charge in [-0.05, 0) is 31.2 Å². The van der Waals surface area contributed by atoms with Gasteiger partial charge in [0.15, 0.2) is 0 Å². The van der Waals surface area contributed by atoms with Crippen molar-refractivity contribution in [2.24, 2.45) is 0 Å². The van der Waals surface area contributed by atoms with E-state index in [9.17, 15) is 9.59 Å². The molecule has 2 amide bonds. The lowest BCUT2D eigenvalue weighted by molar-refractivity contribution is -0.140. The Balaban J connectivity index is 1.90. The van der Waals surface area contributed by atoms with Crippen molar-refractivity contribution in [3.05, 3.63) is 28.7 Å². The second-order valence-corrected chi connectivity index (χ2v) is 6.26. The van der Waals surface area contributed by atoms with Crippen LogP contribution in [0.25, 0.3) is 0 Å². The third-order valence-corrected chi connectivity index (χ3v) is 4.52. The van der Waals surface area contributed by atoms with Crippen LogP contribution in [-0.2, 0) is 9.59 Å². The van der Waals surface area contributed by atoms with Crippen molar-refractivity contribution in [3.8, 4) is 0 Å². The summed E-state index contributed by atoms with van der Waals surface area (Å²) in [5.74, 6) is 0.294. The Morgan fingerprint density at radius 3 is 2.84 bits per heavy atom. The number of rotatable bonds is 3. The molecule has 2 rings (SSSR count). The van der Waals surface area contributed by atoms with Gasteiger partial charge in [-0.1, -0.05) is 15.9 Å². The first-order valence-corrected chi connectivity index (χ1v) is 7.81. The summed E-state index contributed by atoms with van der Waals surface area (Å²) < 4.78 is 1.02. The molecule has 0 aliphatic carbocycles. The van der Waals surface area contributed by atoms with E-state index in [4.69, 9.17) is 0 Å². The molecule has 1 unspecified atom stereocenters. The smallest absolute Gasteiger partial charge is 0.242 e. The van der Waals surface area contributed by atoms with Crippen LogP contribution in [0.3, 0.4) is 0 Å². The van der Waals surface area contributed by atoms with E-state index >= 15 is 0 Å².